The van der Waals surface area contributed by atoms with Crippen LogP contribution in [0.2, 0.25) is 0 Å². The van der Waals surface area contributed by atoms with E-state index in [1.807, 2.05) is 0 Å². The Kier molecular flexibility index (Phi) is 3.01. The fourth-order valence-corrected chi connectivity index (χ4v) is 3.94. The summed E-state index contributed by atoms with van der Waals surface area (Å²) < 4.78 is 0. The first-order valence-corrected chi connectivity index (χ1v) is 6.95. The predicted molar refractivity (Wildman–Crippen MR) is 65.0 cm³/mol. The molecule has 2 N–H and O–H groups in total. The van der Waals surface area contributed by atoms with Crippen molar-refractivity contribution < 1.29 is 14.7 Å². The molecule has 0 spiro atoms. The van der Waals surface area contributed by atoms with E-state index in [1.54, 1.807) is 4.90 Å². The monoisotopic (exact) mass is 252 g/mol. The number of aliphatic carboxylic acids is 1. The number of rotatable bonds is 2. The lowest BCUT2D eigenvalue weighted by Crippen LogP contribution is -2.49. The van der Waals surface area contributed by atoms with Gasteiger partial charge in [-0.3, -0.25) is 4.79 Å². The molecule has 5 heteroatoms. The molecule has 0 radical (unpaired) electrons. The van der Waals surface area contributed by atoms with Gasteiger partial charge in [0.15, 0.2) is 0 Å². The number of carboxylic acids is 1. The molecule has 0 aromatic carbocycles. The van der Waals surface area contributed by atoms with Gasteiger partial charge in [0.2, 0.25) is 5.91 Å². The zero-order valence-corrected chi connectivity index (χ0v) is 10.5. The number of nitrogens with one attached hydrogen (secondary N) is 1. The summed E-state index contributed by atoms with van der Waals surface area (Å²) in [5.74, 6) is -0.214. The van der Waals surface area contributed by atoms with E-state index in [1.165, 1.54) is 0 Å². The number of carbonyl (C=O) groups excluding carboxylic acids is 1. The predicted octanol–water partition coefficient (Wildman–Crippen LogP) is 0.450. The van der Waals surface area contributed by atoms with Gasteiger partial charge >= 0.3 is 5.97 Å². The van der Waals surface area contributed by atoms with Crippen LogP contribution in [0.25, 0.3) is 0 Å². The summed E-state index contributed by atoms with van der Waals surface area (Å²) >= 11 is 0. The average Bonchev–Trinajstić information content (AvgIpc) is 3.03. The molecule has 2 heterocycles. The van der Waals surface area contributed by atoms with Crippen molar-refractivity contribution in [1.29, 1.82) is 0 Å². The molecular weight excluding hydrogens is 232 g/mol. The molecule has 0 bridgehead atoms. The van der Waals surface area contributed by atoms with Crippen molar-refractivity contribution in [2.45, 2.75) is 44.2 Å². The Morgan fingerprint density at radius 2 is 2.00 bits per heavy atom. The standard InChI is InChI=1S/C13H20N2O3/c16-12(10-5-2-6-14-10)15-7-8-3-1-4-9(8)11(15)13(17)18/h8-11,14H,1-7H2,(H,17,18)/t8?,9?,10-,11?/m1/s1. The van der Waals surface area contributed by atoms with E-state index in [-0.39, 0.29) is 17.9 Å². The Hall–Kier alpha value is -1.10. The van der Waals surface area contributed by atoms with Crippen LogP contribution in [0.3, 0.4) is 0 Å². The van der Waals surface area contributed by atoms with E-state index < -0.39 is 12.0 Å². The second kappa shape index (κ2) is 4.53. The van der Waals surface area contributed by atoms with Crippen molar-refractivity contribution >= 4 is 11.9 Å². The quantitative estimate of drug-likeness (QED) is 0.748. The summed E-state index contributed by atoms with van der Waals surface area (Å²) in [6.45, 7) is 1.52. The lowest BCUT2D eigenvalue weighted by molar-refractivity contribution is -0.150. The molecule has 3 rings (SSSR count). The van der Waals surface area contributed by atoms with E-state index in [4.69, 9.17) is 0 Å². The van der Waals surface area contributed by atoms with Crippen LogP contribution in [0, 0.1) is 11.8 Å². The maximum absolute atomic E-state index is 12.4. The highest BCUT2D eigenvalue weighted by Gasteiger charge is 2.50. The van der Waals surface area contributed by atoms with Crippen LogP contribution in [-0.4, -0.2) is 47.1 Å². The summed E-state index contributed by atoms with van der Waals surface area (Å²) in [6, 6.07) is -0.724. The largest absolute Gasteiger partial charge is 0.480 e. The average molecular weight is 252 g/mol. The Morgan fingerprint density at radius 3 is 2.67 bits per heavy atom. The molecule has 4 atom stereocenters. The number of carbonyl (C=O) groups is 2. The number of hydrogen-bond acceptors (Lipinski definition) is 3. The molecule has 3 aliphatic rings. The van der Waals surface area contributed by atoms with E-state index in [9.17, 15) is 14.7 Å². The summed E-state index contributed by atoms with van der Waals surface area (Å²) in [5, 5.41) is 12.6. The second-order valence-corrected chi connectivity index (χ2v) is 5.78. The van der Waals surface area contributed by atoms with Crippen LogP contribution in [0.5, 0.6) is 0 Å². The number of likely N-dealkylation sites (tertiary alicyclic amines) is 1. The highest BCUT2D eigenvalue weighted by Crippen LogP contribution is 2.42. The van der Waals surface area contributed by atoms with Gasteiger partial charge in [-0.1, -0.05) is 6.42 Å². The SMILES string of the molecule is O=C(O)C1C2CCCC2CN1C(=O)[C@H]1CCCN1. The number of fused-ring (bicyclic) bond motifs is 1. The molecule has 18 heavy (non-hydrogen) atoms. The molecule has 2 aliphatic heterocycles. The van der Waals surface area contributed by atoms with Crippen LogP contribution in [-0.2, 0) is 9.59 Å². The highest BCUT2D eigenvalue weighted by atomic mass is 16.4. The second-order valence-electron chi connectivity index (χ2n) is 5.78. The highest BCUT2D eigenvalue weighted by molar-refractivity contribution is 5.88. The van der Waals surface area contributed by atoms with Crippen molar-refractivity contribution in [2.24, 2.45) is 11.8 Å². The Bertz CT molecular complexity index is 365. The summed E-state index contributed by atoms with van der Waals surface area (Å²) in [7, 11) is 0. The minimum atomic E-state index is -0.823. The smallest absolute Gasteiger partial charge is 0.326 e. The van der Waals surface area contributed by atoms with Crippen LogP contribution < -0.4 is 5.32 Å². The molecule has 1 saturated carbocycles. The van der Waals surface area contributed by atoms with Gasteiger partial charge in [-0.2, -0.15) is 0 Å². The topological polar surface area (TPSA) is 69.6 Å². The number of nitrogens with zero attached hydrogens (tertiary/aromatic N) is 1. The number of hydrogen-bond donors (Lipinski definition) is 2. The Morgan fingerprint density at radius 1 is 1.17 bits per heavy atom. The van der Waals surface area contributed by atoms with Crippen LogP contribution >= 0.6 is 0 Å². The molecule has 5 nitrogen and oxygen atoms in total. The lowest BCUT2D eigenvalue weighted by atomic mass is 9.94. The van der Waals surface area contributed by atoms with Gasteiger partial charge in [-0.15, -0.1) is 0 Å². The number of carboxylic acid groups (broad SMARTS) is 1. The van der Waals surface area contributed by atoms with Crippen LogP contribution in [0.15, 0.2) is 0 Å². The minimum Gasteiger partial charge on any atom is -0.480 e. The van der Waals surface area contributed by atoms with Crippen LogP contribution in [0.1, 0.15) is 32.1 Å². The molecule has 100 valence electrons. The van der Waals surface area contributed by atoms with E-state index >= 15 is 0 Å². The molecule has 1 aliphatic carbocycles. The van der Waals surface area contributed by atoms with Gasteiger partial charge in [0.05, 0.1) is 6.04 Å². The number of amides is 1. The zero-order valence-electron chi connectivity index (χ0n) is 10.5. The fraction of sp³-hybridized carbons (Fsp3) is 0.846. The molecule has 1 amide bonds. The molecule has 0 aromatic heterocycles. The van der Waals surface area contributed by atoms with Crippen molar-refractivity contribution in [1.82, 2.24) is 10.2 Å². The molecule has 0 aromatic rings. The molecule has 3 unspecified atom stereocenters. The van der Waals surface area contributed by atoms with Crippen molar-refractivity contribution in [3.63, 3.8) is 0 Å². The maximum Gasteiger partial charge on any atom is 0.326 e. The first-order valence-electron chi connectivity index (χ1n) is 6.95. The maximum atomic E-state index is 12.4. The Labute approximate surface area is 107 Å². The van der Waals surface area contributed by atoms with Gasteiger partial charge in [-0.05, 0) is 44.1 Å². The third kappa shape index (κ3) is 1.81. The van der Waals surface area contributed by atoms with Crippen molar-refractivity contribution in [3.8, 4) is 0 Å². The van der Waals surface area contributed by atoms with Crippen molar-refractivity contribution in [3.05, 3.63) is 0 Å². The van der Waals surface area contributed by atoms with Crippen LogP contribution in [0.4, 0.5) is 0 Å². The third-order valence-corrected chi connectivity index (χ3v) is 4.78. The van der Waals surface area contributed by atoms with E-state index in [2.05, 4.69) is 5.32 Å². The minimum absolute atomic E-state index is 0.00861. The molecule has 3 fully saturated rings. The molecule has 2 saturated heterocycles. The Balaban J connectivity index is 1.78. The lowest BCUT2D eigenvalue weighted by Gasteiger charge is -2.27. The first kappa shape index (κ1) is 12.0. The van der Waals surface area contributed by atoms with Gasteiger partial charge in [0, 0.05) is 6.54 Å². The van der Waals surface area contributed by atoms with E-state index in [0.717, 1.165) is 38.6 Å². The zero-order chi connectivity index (χ0) is 12.7. The van der Waals surface area contributed by atoms with Gasteiger partial charge in [0.1, 0.15) is 6.04 Å². The van der Waals surface area contributed by atoms with Gasteiger partial charge in [0.25, 0.3) is 0 Å². The van der Waals surface area contributed by atoms with E-state index in [0.29, 0.717) is 12.5 Å². The normalized spacial score (nSPS) is 39.0. The third-order valence-electron chi connectivity index (χ3n) is 4.78. The summed E-state index contributed by atoms with van der Waals surface area (Å²) in [4.78, 5) is 25.5. The van der Waals surface area contributed by atoms with Gasteiger partial charge in [-0.25, -0.2) is 4.79 Å². The van der Waals surface area contributed by atoms with Gasteiger partial charge < -0.3 is 15.3 Å². The molecular formula is C13H20N2O3. The summed E-state index contributed by atoms with van der Waals surface area (Å²) in [5.41, 5.74) is 0. The fourth-order valence-electron chi connectivity index (χ4n) is 3.94. The summed E-state index contributed by atoms with van der Waals surface area (Å²) in [6.07, 6.45) is 5.01. The first-order chi connectivity index (χ1) is 8.68. The van der Waals surface area contributed by atoms with Crippen molar-refractivity contribution in [2.75, 3.05) is 13.1 Å².